The highest BCUT2D eigenvalue weighted by atomic mass is 35.5. The lowest BCUT2D eigenvalue weighted by Crippen LogP contribution is -2.34. The van der Waals surface area contributed by atoms with Crippen LogP contribution >= 0.6 is 12.4 Å². The Labute approximate surface area is 124 Å². The number of rotatable bonds is 3. The zero-order chi connectivity index (χ0) is 13.7. The number of ether oxygens (including phenoxy) is 1. The first-order valence-corrected chi connectivity index (χ1v) is 6.40. The van der Waals surface area contributed by atoms with Crippen molar-refractivity contribution in [1.29, 1.82) is 0 Å². The molecule has 0 atom stereocenters. The quantitative estimate of drug-likeness (QED) is 0.836. The predicted octanol–water partition coefficient (Wildman–Crippen LogP) is 1.83. The van der Waals surface area contributed by atoms with E-state index in [2.05, 4.69) is 15.4 Å². The summed E-state index contributed by atoms with van der Waals surface area (Å²) in [5.41, 5.74) is 1.18. The Kier molecular flexibility index (Phi) is 6.48. The van der Waals surface area contributed by atoms with Crippen LogP contribution in [0.25, 0.3) is 0 Å². The fourth-order valence-electron chi connectivity index (χ4n) is 2.14. The standard InChI is InChI=1S/C14H18N2O3.ClH/c1-19-14(18)11-2-4-12(5-3-11)16-13(17)10-6-8-15-9-7-10;/h2-5,10,15H,6-9H2,1H3,(H,16,17);1H. The number of hydrogen-bond donors (Lipinski definition) is 2. The summed E-state index contributed by atoms with van der Waals surface area (Å²) in [6.45, 7) is 1.78. The molecule has 1 saturated heterocycles. The van der Waals surface area contributed by atoms with E-state index in [0.29, 0.717) is 11.3 Å². The second-order valence-corrected chi connectivity index (χ2v) is 4.58. The number of hydrogen-bond acceptors (Lipinski definition) is 4. The molecule has 0 spiro atoms. The lowest BCUT2D eigenvalue weighted by atomic mass is 9.97. The number of nitrogens with one attached hydrogen (secondary N) is 2. The highest BCUT2D eigenvalue weighted by Crippen LogP contribution is 2.16. The number of anilines is 1. The highest BCUT2D eigenvalue weighted by molar-refractivity contribution is 5.94. The van der Waals surface area contributed by atoms with Crippen LogP contribution in [0.1, 0.15) is 23.2 Å². The van der Waals surface area contributed by atoms with Crippen LogP contribution in [0.5, 0.6) is 0 Å². The summed E-state index contributed by atoms with van der Waals surface area (Å²) in [5.74, 6) is -0.259. The van der Waals surface area contributed by atoms with Crippen molar-refractivity contribution in [3.63, 3.8) is 0 Å². The SMILES string of the molecule is COC(=O)c1ccc(NC(=O)C2CCNCC2)cc1.Cl. The fraction of sp³-hybridized carbons (Fsp3) is 0.429. The highest BCUT2D eigenvalue weighted by Gasteiger charge is 2.20. The third-order valence-electron chi connectivity index (χ3n) is 3.28. The van der Waals surface area contributed by atoms with E-state index in [9.17, 15) is 9.59 Å². The number of amides is 1. The van der Waals surface area contributed by atoms with Gasteiger partial charge in [-0.25, -0.2) is 4.79 Å². The first-order chi connectivity index (χ1) is 9.20. The van der Waals surface area contributed by atoms with Gasteiger partial charge in [0.1, 0.15) is 0 Å². The number of carbonyl (C=O) groups excluding carboxylic acids is 2. The van der Waals surface area contributed by atoms with Gasteiger partial charge >= 0.3 is 5.97 Å². The van der Waals surface area contributed by atoms with Crippen LogP contribution in [0.15, 0.2) is 24.3 Å². The van der Waals surface area contributed by atoms with Crippen LogP contribution in [0.3, 0.4) is 0 Å². The maximum atomic E-state index is 12.0. The minimum Gasteiger partial charge on any atom is -0.465 e. The number of halogens is 1. The molecule has 5 nitrogen and oxygen atoms in total. The normalized spacial score (nSPS) is 15.1. The maximum absolute atomic E-state index is 12.0. The van der Waals surface area contributed by atoms with Crippen LogP contribution in [-0.2, 0) is 9.53 Å². The van der Waals surface area contributed by atoms with Gasteiger partial charge in [-0.2, -0.15) is 0 Å². The van der Waals surface area contributed by atoms with Gasteiger partial charge in [-0.1, -0.05) is 0 Å². The molecule has 0 bridgehead atoms. The van der Waals surface area contributed by atoms with E-state index in [1.165, 1.54) is 7.11 Å². The number of methoxy groups -OCH3 is 1. The Morgan fingerprint density at radius 1 is 1.20 bits per heavy atom. The van der Waals surface area contributed by atoms with Crippen LogP contribution in [0.2, 0.25) is 0 Å². The molecule has 1 aliphatic heterocycles. The lowest BCUT2D eigenvalue weighted by Gasteiger charge is -2.21. The molecular formula is C14H19ClN2O3. The van der Waals surface area contributed by atoms with Crippen molar-refractivity contribution in [1.82, 2.24) is 5.32 Å². The maximum Gasteiger partial charge on any atom is 0.337 e. The number of carbonyl (C=O) groups is 2. The molecule has 0 radical (unpaired) electrons. The van der Waals surface area contributed by atoms with E-state index in [0.717, 1.165) is 25.9 Å². The summed E-state index contributed by atoms with van der Waals surface area (Å²) in [5, 5.41) is 6.11. The van der Waals surface area contributed by atoms with E-state index < -0.39 is 0 Å². The minimum absolute atomic E-state index is 0. The molecule has 0 aromatic heterocycles. The van der Waals surface area contributed by atoms with E-state index >= 15 is 0 Å². The van der Waals surface area contributed by atoms with Gasteiger partial charge < -0.3 is 15.4 Å². The minimum atomic E-state index is -0.378. The van der Waals surface area contributed by atoms with Gasteiger partial charge in [0, 0.05) is 11.6 Å². The molecule has 2 rings (SSSR count). The summed E-state index contributed by atoms with van der Waals surface area (Å²) in [7, 11) is 1.34. The third kappa shape index (κ3) is 4.21. The summed E-state index contributed by atoms with van der Waals surface area (Å²) in [4.78, 5) is 23.3. The summed E-state index contributed by atoms with van der Waals surface area (Å²) in [6.07, 6.45) is 1.73. The fourth-order valence-corrected chi connectivity index (χ4v) is 2.14. The molecule has 0 saturated carbocycles. The van der Waals surface area contributed by atoms with Crippen LogP contribution in [0, 0.1) is 5.92 Å². The average molecular weight is 299 g/mol. The molecular weight excluding hydrogens is 280 g/mol. The first-order valence-electron chi connectivity index (χ1n) is 6.40. The zero-order valence-corrected chi connectivity index (χ0v) is 12.2. The Morgan fingerprint density at radius 2 is 1.80 bits per heavy atom. The van der Waals surface area contributed by atoms with Crippen LogP contribution in [-0.4, -0.2) is 32.1 Å². The Hall–Kier alpha value is -1.59. The van der Waals surface area contributed by atoms with Gasteiger partial charge in [-0.3, -0.25) is 4.79 Å². The van der Waals surface area contributed by atoms with Gasteiger partial charge in [0.05, 0.1) is 12.7 Å². The van der Waals surface area contributed by atoms with E-state index in [4.69, 9.17) is 0 Å². The first kappa shape index (κ1) is 16.5. The Bertz CT molecular complexity index is 456. The Morgan fingerprint density at radius 3 is 2.35 bits per heavy atom. The van der Waals surface area contributed by atoms with Gasteiger partial charge in [-0.15, -0.1) is 12.4 Å². The monoisotopic (exact) mass is 298 g/mol. The molecule has 1 amide bonds. The third-order valence-corrected chi connectivity index (χ3v) is 3.28. The lowest BCUT2D eigenvalue weighted by molar-refractivity contribution is -0.120. The van der Waals surface area contributed by atoms with Crippen molar-refractivity contribution in [3.05, 3.63) is 29.8 Å². The molecule has 0 aliphatic carbocycles. The second-order valence-electron chi connectivity index (χ2n) is 4.58. The largest absolute Gasteiger partial charge is 0.465 e. The van der Waals surface area contributed by atoms with Gasteiger partial charge in [0.25, 0.3) is 0 Å². The smallest absolute Gasteiger partial charge is 0.337 e. The molecule has 1 aromatic rings. The molecule has 0 unspecified atom stereocenters. The van der Waals surface area contributed by atoms with Crippen molar-refractivity contribution in [3.8, 4) is 0 Å². The predicted molar refractivity (Wildman–Crippen MR) is 79.3 cm³/mol. The molecule has 20 heavy (non-hydrogen) atoms. The van der Waals surface area contributed by atoms with Gasteiger partial charge in [0.15, 0.2) is 0 Å². The zero-order valence-electron chi connectivity index (χ0n) is 11.3. The van der Waals surface area contributed by atoms with Crippen molar-refractivity contribution >= 4 is 30.0 Å². The molecule has 6 heteroatoms. The second kappa shape index (κ2) is 7.87. The van der Waals surface area contributed by atoms with E-state index in [-0.39, 0.29) is 30.2 Å². The van der Waals surface area contributed by atoms with Gasteiger partial charge in [-0.05, 0) is 50.2 Å². The Balaban J connectivity index is 0.00000200. The molecule has 110 valence electrons. The van der Waals surface area contributed by atoms with Gasteiger partial charge in [0.2, 0.25) is 5.91 Å². The van der Waals surface area contributed by atoms with E-state index in [1.54, 1.807) is 24.3 Å². The van der Waals surface area contributed by atoms with Crippen molar-refractivity contribution in [2.75, 3.05) is 25.5 Å². The van der Waals surface area contributed by atoms with Crippen molar-refractivity contribution in [2.45, 2.75) is 12.8 Å². The molecule has 1 aliphatic rings. The number of benzene rings is 1. The van der Waals surface area contributed by atoms with Crippen molar-refractivity contribution < 1.29 is 14.3 Å². The topological polar surface area (TPSA) is 67.4 Å². The molecule has 1 fully saturated rings. The number of esters is 1. The van der Waals surface area contributed by atoms with Crippen LogP contribution < -0.4 is 10.6 Å². The molecule has 1 aromatic carbocycles. The average Bonchev–Trinajstić information content (AvgIpc) is 2.48. The van der Waals surface area contributed by atoms with Crippen LogP contribution in [0.4, 0.5) is 5.69 Å². The molecule has 2 N–H and O–H groups in total. The summed E-state index contributed by atoms with van der Waals surface area (Å²) in [6, 6.07) is 6.71. The number of piperidine rings is 1. The molecule has 1 heterocycles. The van der Waals surface area contributed by atoms with Crippen molar-refractivity contribution in [2.24, 2.45) is 5.92 Å². The van der Waals surface area contributed by atoms with E-state index in [1.807, 2.05) is 0 Å². The summed E-state index contributed by atoms with van der Waals surface area (Å²) < 4.78 is 4.62. The summed E-state index contributed by atoms with van der Waals surface area (Å²) >= 11 is 0.